The number of benzene rings is 1. The number of carbonyl (C=O) groups is 1. The Balaban J connectivity index is 1.22. The minimum absolute atomic E-state index is 0.0539. The molecular weight excluding hydrogens is 388 g/mol. The molecule has 2 aliphatic rings. The molecule has 5 rings (SSSR count). The van der Waals surface area contributed by atoms with E-state index in [9.17, 15) is 9.59 Å². The van der Waals surface area contributed by atoms with Crippen LogP contribution in [0.5, 0.6) is 0 Å². The second-order valence-electron chi connectivity index (χ2n) is 7.37. The summed E-state index contributed by atoms with van der Waals surface area (Å²) in [6.45, 7) is 1.73. The quantitative estimate of drug-likeness (QED) is 0.648. The third kappa shape index (κ3) is 3.57. The first-order valence-electron chi connectivity index (χ1n) is 9.62. The number of para-hydroxylation sites is 1. The highest BCUT2D eigenvalue weighted by molar-refractivity contribution is 7.98. The van der Waals surface area contributed by atoms with Crippen LogP contribution in [0.4, 0.5) is 0 Å². The van der Waals surface area contributed by atoms with Gasteiger partial charge in [0, 0.05) is 37.2 Å². The fraction of sp³-hybridized carbons (Fsp3) is 0.350. The van der Waals surface area contributed by atoms with E-state index in [-0.39, 0.29) is 17.4 Å². The number of fused-ring (bicyclic) bond motifs is 1. The van der Waals surface area contributed by atoms with Crippen molar-refractivity contribution in [1.29, 1.82) is 0 Å². The van der Waals surface area contributed by atoms with Crippen molar-refractivity contribution in [3.8, 4) is 5.69 Å². The van der Waals surface area contributed by atoms with Gasteiger partial charge in [0.1, 0.15) is 0 Å². The van der Waals surface area contributed by atoms with Crippen molar-refractivity contribution in [2.24, 2.45) is 5.92 Å². The molecule has 1 amide bonds. The van der Waals surface area contributed by atoms with E-state index < -0.39 is 0 Å². The summed E-state index contributed by atoms with van der Waals surface area (Å²) >= 11 is 1.84. The van der Waals surface area contributed by atoms with Gasteiger partial charge in [0.2, 0.25) is 0 Å². The predicted octanol–water partition coefficient (Wildman–Crippen LogP) is 1.39. The Labute approximate surface area is 171 Å². The van der Waals surface area contributed by atoms with Crippen molar-refractivity contribution < 1.29 is 4.79 Å². The van der Waals surface area contributed by atoms with E-state index in [1.165, 1.54) is 11.0 Å². The molecule has 0 N–H and O–H groups in total. The van der Waals surface area contributed by atoms with Crippen molar-refractivity contribution in [3.05, 3.63) is 69.9 Å². The number of amides is 1. The fourth-order valence-electron chi connectivity index (χ4n) is 3.69. The summed E-state index contributed by atoms with van der Waals surface area (Å²) in [7, 11) is 0. The van der Waals surface area contributed by atoms with E-state index in [1.807, 2.05) is 42.1 Å². The van der Waals surface area contributed by atoms with Crippen molar-refractivity contribution in [1.82, 2.24) is 29.7 Å². The highest BCUT2D eigenvalue weighted by Crippen LogP contribution is 2.23. The van der Waals surface area contributed by atoms with Crippen LogP contribution in [0.15, 0.2) is 47.4 Å². The number of likely N-dealkylation sites (tertiary alicyclic amines) is 1. The van der Waals surface area contributed by atoms with Crippen LogP contribution in [-0.2, 0) is 18.7 Å². The Hall–Kier alpha value is -2.94. The number of aryl methyl sites for hydroxylation is 1. The Morgan fingerprint density at radius 2 is 2.00 bits per heavy atom. The van der Waals surface area contributed by atoms with Gasteiger partial charge in [0.25, 0.3) is 11.5 Å². The average Bonchev–Trinajstić information content (AvgIpc) is 3.21. The molecule has 0 radical (unpaired) electrons. The smallest absolute Gasteiger partial charge is 0.276 e. The average molecular weight is 408 g/mol. The van der Waals surface area contributed by atoms with E-state index >= 15 is 0 Å². The lowest BCUT2D eigenvalue weighted by Crippen LogP contribution is -2.52. The molecule has 148 valence electrons. The van der Waals surface area contributed by atoms with E-state index in [0.717, 1.165) is 34.9 Å². The van der Waals surface area contributed by atoms with Crippen LogP contribution in [-0.4, -0.2) is 54.4 Å². The maximum Gasteiger partial charge on any atom is 0.276 e. The summed E-state index contributed by atoms with van der Waals surface area (Å²) in [5.41, 5.74) is 3.18. The second kappa shape index (κ2) is 7.47. The van der Waals surface area contributed by atoms with E-state index in [0.29, 0.717) is 25.3 Å². The van der Waals surface area contributed by atoms with Crippen LogP contribution >= 0.6 is 11.8 Å². The third-order valence-corrected chi connectivity index (χ3v) is 6.29. The molecular formula is C20H20N6O2S. The number of rotatable bonds is 4. The first-order chi connectivity index (χ1) is 14.2. The molecule has 0 spiro atoms. The van der Waals surface area contributed by atoms with E-state index in [1.54, 1.807) is 15.6 Å². The standard InChI is InChI=1S/C20H20N6O2S/c27-19-8-15-13-29-7-6-17(15)22-25(19)12-14-10-24(11-14)20(28)18-9-21-26(23-18)16-4-2-1-3-5-16/h1-5,8-9,14H,6-7,10-13H2. The molecule has 0 atom stereocenters. The zero-order chi connectivity index (χ0) is 19.8. The van der Waals surface area contributed by atoms with E-state index in [4.69, 9.17) is 0 Å². The summed E-state index contributed by atoms with van der Waals surface area (Å²) in [4.78, 5) is 28.2. The van der Waals surface area contributed by atoms with Gasteiger partial charge in [-0.25, -0.2) is 4.68 Å². The molecule has 8 nitrogen and oxygen atoms in total. The number of hydrogen-bond donors (Lipinski definition) is 0. The summed E-state index contributed by atoms with van der Waals surface area (Å²) < 4.78 is 1.56. The van der Waals surface area contributed by atoms with Crippen molar-refractivity contribution in [3.63, 3.8) is 0 Å². The molecule has 0 saturated carbocycles. The lowest BCUT2D eigenvalue weighted by molar-refractivity contribution is 0.0451. The number of carbonyl (C=O) groups excluding carboxylic acids is 1. The summed E-state index contributed by atoms with van der Waals surface area (Å²) in [5, 5.41) is 13.0. The van der Waals surface area contributed by atoms with Gasteiger partial charge in [-0.15, -0.1) is 5.10 Å². The first-order valence-corrected chi connectivity index (χ1v) is 10.8. The molecule has 0 bridgehead atoms. The van der Waals surface area contributed by atoms with Crippen LogP contribution < -0.4 is 5.56 Å². The molecule has 4 heterocycles. The van der Waals surface area contributed by atoms with Crippen molar-refractivity contribution >= 4 is 17.7 Å². The molecule has 1 aromatic carbocycles. The van der Waals surface area contributed by atoms with Crippen molar-refractivity contribution in [2.75, 3.05) is 18.8 Å². The molecule has 0 aliphatic carbocycles. The molecule has 2 aromatic heterocycles. The molecule has 29 heavy (non-hydrogen) atoms. The molecule has 1 saturated heterocycles. The van der Waals surface area contributed by atoms with E-state index in [2.05, 4.69) is 15.3 Å². The lowest BCUT2D eigenvalue weighted by Gasteiger charge is -2.38. The Bertz CT molecular complexity index is 1100. The molecule has 9 heteroatoms. The van der Waals surface area contributed by atoms with Gasteiger partial charge in [-0.2, -0.15) is 26.8 Å². The van der Waals surface area contributed by atoms with Gasteiger partial charge in [-0.05, 0) is 23.4 Å². The minimum Gasteiger partial charge on any atom is -0.336 e. The second-order valence-corrected chi connectivity index (χ2v) is 8.48. The van der Waals surface area contributed by atoms with Gasteiger partial charge in [0.05, 0.1) is 24.1 Å². The molecule has 3 aromatic rings. The fourth-order valence-corrected chi connectivity index (χ4v) is 4.64. The number of hydrogen-bond acceptors (Lipinski definition) is 6. The minimum atomic E-state index is -0.133. The van der Waals surface area contributed by atoms with Crippen LogP contribution in [0.2, 0.25) is 0 Å². The van der Waals surface area contributed by atoms with Crippen LogP contribution in [0, 0.1) is 5.92 Å². The van der Waals surface area contributed by atoms with Gasteiger partial charge in [0.15, 0.2) is 5.69 Å². The monoisotopic (exact) mass is 408 g/mol. The third-order valence-electron chi connectivity index (χ3n) is 5.28. The summed E-state index contributed by atoms with van der Waals surface area (Å²) in [6.07, 6.45) is 2.41. The number of thioether (sulfide) groups is 1. The SMILES string of the molecule is O=C(c1cnn(-c2ccccc2)n1)N1CC(Cn2nc3c(cc2=O)CSCC3)C1. The van der Waals surface area contributed by atoms with Gasteiger partial charge < -0.3 is 4.90 Å². The normalized spacial score (nSPS) is 16.3. The number of aromatic nitrogens is 5. The summed E-state index contributed by atoms with van der Waals surface area (Å²) in [5.74, 6) is 2.01. The largest absolute Gasteiger partial charge is 0.336 e. The zero-order valence-electron chi connectivity index (χ0n) is 15.8. The lowest BCUT2D eigenvalue weighted by atomic mass is 10.00. The van der Waals surface area contributed by atoms with Crippen LogP contribution in [0.3, 0.4) is 0 Å². The Morgan fingerprint density at radius 3 is 2.83 bits per heavy atom. The van der Waals surface area contributed by atoms with Gasteiger partial charge >= 0.3 is 0 Å². The van der Waals surface area contributed by atoms with Crippen molar-refractivity contribution in [2.45, 2.75) is 18.7 Å². The van der Waals surface area contributed by atoms with Crippen LogP contribution in [0.25, 0.3) is 5.69 Å². The first kappa shape index (κ1) is 18.1. The van der Waals surface area contributed by atoms with Crippen LogP contribution in [0.1, 0.15) is 21.7 Å². The zero-order valence-corrected chi connectivity index (χ0v) is 16.6. The maximum absolute atomic E-state index is 12.7. The topological polar surface area (TPSA) is 85.9 Å². The Morgan fingerprint density at radius 1 is 1.17 bits per heavy atom. The molecule has 2 aliphatic heterocycles. The predicted molar refractivity (Wildman–Crippen MR) is 109 cm³/mol. The molecule has 1 fully saturated rings. The maximum atomic E-state index is 12.7. The van der Waals surface area contributed by atoms with Gasteiger partial charge in [-0.1, -0.05) is 18.2 Å². The Kier molecular flexibility index (Phi) is 4.67. The number of nitrogens with zero attached hydrogens (tertiary/aromatic N) is 6. The van der Waals surface area contributed by atoms with Gasteiger partial charge in [-0.3, -0.25) is 9.59 Å². The summed E-state index contributed by atoms with van der Waals surface area (Å²) in [6, 6.07) is 11.2. The molecule has 0 unspecified atom stereocenters. The highest BCUT2D eigenvalue weighted by Gasteiger charge is 2.33. The highest BCUT2D eigenvalue weighted by atomic mass is 32.2.